The number of nitrogens with zero attached hydrogens (tertiary/aromatic N) is 3. The number of carboxylic acid groups (broad SMARTS) is 1. The summed E-state index contributed by atoms with van der Waals surface area (Å²) >= 11 is 4.66. The average Bonchev–Trinajstić information content (AvgIpc) is 2.33. The van der Waals surface area contributed by atoms with Crippen molar-refractivity contribution in [2.24, 2.45) is 0 Å². The van der Waals surface area contributed by atoms with Crippen LogP contribution in [0.1, 0.15) is 10.4 Å². The molecule has 17 heavy (non-hydrogen) atoms. The summed E-state index contributed by atoms with van der Waals surface area (Å²) in [4.78, 5) is 22.6. The van der Waals surface area contributed by atoms with Crippen LogP contribution in [0.4, 0.5) is 0 Å². The number of carbonyl (C=O) groups is 1. The number of hydrogen-bond donors (Lipinski definition) is 1. The third-order valence-corrected chi connectivity index (χ3v) is 3.63. The third-order valence-electron chi connectivity index (χ3n) is 1.82. The maximum absolute atomic E-state index is 10.6. The van der Waals surface area contributed by atoms with Crippen LogP contribution in [0.25, 0.3) is 0 Å². The summed E-state index contributed by atoms with van der Waals surface area (Å²) in [5.74, 6) is -0.989. The highest BCUT2D eigenvalue weighted by Gasteiger charge is 2.07. The summed E-state index contributed by atoms with van der Waals surface area (Å²) in [6.07, 6.45) is 4.40. The van der Waals surface area contributed by atoms with Crippen molar-refractivity contribution < 1.29 is 9.90 Å². The summed E-state index contributed by atoms with van der Waals surface area (Å²) in [7, 11) is 0. The lowest BCUT2D eigenvalue weighted by molar-refractivity contribution is 0.0696. The Morgan fingerprint density at radius 3 is 2.71 bits per heavy atom. The molecule has 0 atom stereocenters. The van der Waals surface area contributed by atoms with E-state index in [9.17, 15) is 4.79 Å². The highest BCUT2D eigenvalue weighted by atomic mass is 79.9. The molecule has 1 N–H and O–H groups in total. The zero-order valence-corrected chi connectivity index (χ0v) is 10.8. The lowest BCUT2D eigenvalue weighted by atomic mass is 10.3. The second-order valence-corrected chi connectivity index (χ2v) is 4.83. The van der Waals surface area contributed by atoms with Crippen molar-refractivity contribution in [3.8, 4) is 0 Å². The van der Waals surface area contributed by atoms with Crippen molar-refractivity contribution in [2.45, 2.75) is 10.1 Å². The maximum atomic E-state index is 10.6. The Kier molecular flexibility index (Phi) is 3.70. The average molecular weight is 312 g/mol. The van der Waals surface area contributed by atoms with Crippen LogP contribution in [-0.2, 0) is 0 Å². The Balaban J connectivity index is 2.20. The molecule has 0 aliphatic rings. The predicted octanol–water partition coefficient (Wildman–Crippen LogP) is 2.48. The van der Waals surface area contributed by atoms with Crippen LogP contribution in [0.5, 0.6) is 0 Å². The van der Waals surface area contributed by atoms with Gasteiger partial charge in [0.15, 0.2) is 0 Å². The van der Waals surface area contributed by atoms with Gasteiger partial charge in [-0.2, -0.15) is 0 Å². The van der Waals surface area contributed by atoms with Crippen molar-refractivity contribution in [2.75, 3.05) is 0 Å². The van der Waals surface area contributed by atoms with Crippen molar-refractivity contribution >= 4 is 33.7 Å². The number of rotatable bonds is 3. The first-order valence-electron chi connectivity index (χ1n) is 4.49. The molecule has 0 aliphatic carbocycles. The molecule has 0 amide bonds. The van der Waals surface area contributed by atoms with E-state index in [1.807, 2.05) is 0 Å². The monoisotopic (exact) mass is 311 g/mol. The minimum absolute atomic E-state index is 0.163. The number of aromatic nitrogens is 3. The molecular formula is C10H6BrN3O2S. The van der Waals surface area contributed by atoms with Gasteiger partial charge in [-0.3, -0.25) is 0 Å². The summed E-state index contributed by atoms with van der Waals surface area (Å²) in [5.41, 5.74) is 0.163. The molecule has 0 bridgehead atoms. The van der Waals surface area contributed by atoms with E-state index < -0.39 is 5.97 Å². The maximum Gasteiger partial charge on any atom is 0.337 e. The van der Waals surface area contributed by atoms with Gasteiger partial charge < -0.3 is 5.11 Å². The molecule has 0 fully saturated rings. The topological polar surface area (TPSA) is 76.0 Å². The normalized spacial score (nSPS) is 10.2. The van der Waals surface area contributed by atoms with Gasteiger partial charge in [0.05, 0.1) is 10.0 Å². The van der Waals surface area contributed by atoms with Gasteiger partial charge >= 0.3 is 5.97 Å². The Hall–Kier alpha value is -1.47. The SMILES string of the molecule is O=C(O)c1ccc(Sc2ncncc2Br)nc1. The Bertz CT molecular complexity index is 548. The summed E-state index contributed by atoms with van der Waals surface area (Å²) in [5, 5.41) is 10.1. The van der Waals surface area contributed by atoms with E-state index in [4.69, 9.17) is 5.11 Å². The van der Waals surface area contributed by atoms with Crippen LogP contribution in [0.15, 0.2) is 45.4 Å². The molecule has 2 heterocycles. The molecule has 0 unspecified atom stereocenters. The van der Waals surface area contributed by atoms with E-state index in [0.717, 1.165) is 9.50 Å². The van der Waals surface area contributed by atoms with Gasteiger partial charge in [-0.05, 0) is 39.8 Å². The van der Waals surface area contributed by atoms with Crippen LogP contribution in [0.2, 0.25) is 0 Å². The second-order valence-electron chi connectivity index (χ2n) is 2.97. The Morgan fingerprint density at radius 2 is 2.12 bits per heavy atom. The standard InChI is InChI=1S/C10H6BrN3O2S/c11-7-4-12-5-14-9(7)17-8-2-1-6(3-13-8)10(15)16/h1-5H,(H,15,16). The molecule has 0 aliphatic heterocycles. The van der Waals surface area contributed by atoms with Crippen molar-refractivity contribution in [1.82, 2.24) is 15.0 Å². The fourth-order valence-electron chi connectivity index (χ4n) is 1.04. The first-order chi connectivity index (χ1) is 8.16. The van der Waals surface area contributed by atoms with E-state index in [2.05, 4.69) is 30.9 Å². The van der Waals surface area contributed by atoms with E-state index in [1.165, 1.54) is 30.4 Å². The summed E-state index contributed by atoms with van der Waals surface area (Å²) < 4.78 is 0.772. The van der Waals surface area contributed by atoms with E-state index in [0.29, 0.717) is 5.03 Å². The number of pyridine rings is 1. The van der Waals surface area contributed by atoms with Crippen LogP contribution in [-0.4, -0.2) is 26.0 Å². The minimum Gasteiger partial charge on any atom is -0.478 e. The fourth-order valence-corrected chi connectivity index (χ4v) is 2.20. The Morgan fingerprint density at radius 1 is 1.29 bits per heavy atom. The van der Waals surface area contributed by atoms with E-state index in [-0.39, 0.29) is 5.56 Å². The molecule has 5 nitrogen and oxygen atoms in total. The van der Waals surface area contributed by atoms with Gasteiger partial charge in [-0.1, -0.05) is 0 Å². The largest absolute Gasteiger partial charge is 0.478 e. The highest BCUT2D eigenvalue weighted by Crippen LogP contribution is 2.29. The van der Waals surface area contributed by atoms with Crippen LogP contribution in [0, 0.1) is 0 Å². The zero-order chi connectivity index (χ0) is 12.3. The molecule has 7 heteroatoms. The second kappa shape index (κ2) is 5.24. The molecule has 86 valence electrons. The van der Waals surface area contributed by atoms with Crippen molar-refractivity contribution in [3.05, 3.63) is 40.9 Å². The zero-order valence-electron chi connectivity index (χ0n) is 8.37. The molecule has 2 aromatic heterocycles. The lowest BCUT2D eigenvalue weighted by Crippen LogP contribution is -1.96. The quantitative estimate of drug-likeness (QED) is 0.878. The molecule has 0 aromatic carbocycles. The molecule has 0 spiro atoms. The molecule has 2 rings (SSSR count). The molecule has 2 aromatic rings. The van der Waals surface area contributed by atoms with Gasteiger partial charge in [0.25, 0.3) is 0 Å². The van der Waals surface area contributed by atoms with Crippen molar-refractivity contribution in [3.63, 3.8) is 0 Å². The summed E-state index contributed by atoms with van der Waals surface area (Å²) in [6, 6.07) is 3.15. The lowest BCUT2D eigenvalue weighted by Gasteiger charge is -2.01. The number of carboxylic acids is 1. The van der Waals surface area contributed by atoms with E-state index in [1.54, 1.807) is 12.3 Å². The van der Waals surface area contributed by atoms with Gasteiger partial charge in [-0.25, -0.2) is 19.7 Å². The summed E-state index contributed by atoms with van der Waals surface area (Å²) in [6.45, 7) is 0. The molecular weight excluding hydrogens is 306 g/mol. The van der Waals surface area contributed by atoms with Crippen LogP contribution < -0.4 is 0 Å². The van der Waals surface area contributed by atoms with Gasteiger partial charge in [0.2, 0.25) is 0 Å². The highest BCUT2D eigenvalue weighted by molar-refractivity contribution is 9.10. The molecule has 0 saturated heterocycles. The van der Waals surface area contributed by atoms with Crippen molar-refractivity contribution in [1.29, 1.82) is 0 Å². The smallest absolute Gasteiger partial charge is 0.337 e. The third kappa shape index (κ3) is 3.01. The van der Waals surface area contributed by atoms with Crippen LogP contribution in [0.3, 0.4) is 0 Å². The van der Waals surface area contributed by atoms with Gasteiger partial charge in [-0.15, -0.1) is 0 Å². The molecule has 0 radical (unpaired) electrons. The Labute approximate surface area is 109 Å². The first kappa shape index (κ1) is 12.0. The molecule has 0 saturated carbocycles. The fraction of sp³-hybridized carbons (Fsp3) is 0. The van der Waals surface area contributed by atoms with E-state index >= 15 is 0 Å². The van der Waals surface area contributed by atoms with Crippen LogP contribution >= 0.6 is 27.7 Å². The van der Waals surface area contributed by atoms with Gasteiger partial charge in [0, 0.05) is 12.4 Å². The number of aromatic carboxylic acids is 1. The van der Waals surface area contributed by atoms with Gasteiger partial charge in [0.1, 0.15) is 16.4 Å². The first-order valence-corrected chi connectivity index (χ1v) is 6.10. The minimum atomic E-state index is -0.989. The number of hydrogen-bond acceptors (Lipinski definition) is 5. The number of halogens is 1. The predicted molar refractivity (Wildman–Crippen MR) is 65.1 cm³/mol.